The average molecular weight is 284 g/mol. The van der Waals surface area contributed by atoms with E-state index >= 15 is 0 Å². The first-order valence-electron chi connectivity index (χ1n) is 8.08. The van der Waals surface area contributed by atoms with Crippen LogP contribution < -0.4 is 0 Å². The number of hydrogen-bond donors (Lipinski definition) is 1. The Morgan fingerprint density at radius 3 is 3.05 bits per heavy atom. The van der Waals surface area contributed by atoms with Crippen molar-refractivity contribution in [1.82, 2.24) is 0 Å². The normalized spacial score (nSPS) is 46.3. The van der Waals surface area contributed by atoms with E-state index in [-0.39, 0.29) is 17.1 Å². The summed E-state index contributed by atoms with van der Waals surface area (Å²) >= 11 is 0. The van der Waals surface area contributed by atoms with Crippen LogP contribution in [0, 0.1) is 11.3 Å². The highest BCUT2D eigenvalue weighted by Crippen LogP contribution is 2.69. The second-order valence-corrected chi connectivity index (χ2v) is 7.57. The molecule has 3 fully saturated rings. The number of Topliss-reactive ketones (excluding diaryl/α,β-unsaturated/α-hetero) is 1. The fraction of sp³-hybridized carbons (Fsp3) is 0.611. The molecule has 3 nitrogen and oxygen atoms in total. The Balaban J connectivity index is 1.64. The third-order valence-electron chi connectivity index (χ3n) is 6.81. The van der Waals surface area contributed by atoms with Gasteiger partial charge in [0.1, 0.15) is 17.1 Å². The first-order valence-corrected chi connectivity index (χ1v) is 8.08. The third kappa shape index (κ3) is 1.28. The number of rotatable bonds is 0. The van der Waals surface area contributed by atoms with Crippen LogP contribution in [0.5, 0.6) is 5.75 Å². The predicted octanol–water partition coefficient (Wildman–Crippen LogP) is 2.95. The van der Waals surface area contributed by atoms with E-state index in [1.54, 1.807) is 6.07 Å². The molecule has 1 aromatic carbocycles. The van der Waals surface area contributed by atoms with Gasteiger partial charge in [-0.05, 0) is 42.5 Å². The number of phenolic OH excluding ortho intramolecular Hbond substituents is 1. The molecule has 1 spiro atoms. The molecule has 1 aliphatic heterocycles. The number of carbonyl (C=O) groups excluding carboxylic acids is 1. The van der Waals surface area contributed by atoms with Gasteiger partial charge in [0.25, 0.3) is 0 Å². The van der Waals surface area contributed by atoms with Gasteiger partial charge in [0.05, 0.1) is 6.10 Å². The maximum Gasteiger partial charge on any atom is 0.139 e. The molecule has 1 aromatic rings. The minimum Gasteiger partial charge on any atom is -0.508 e. The number of ether oxygens (including phenoxy) is 1. The SMILES string of the molecule is C[C@]12CC[C@@H]3c4ccc(O)cc4C[C@@H]4O[C@@]43[C@@H]1CCC2=O. The first kappa shape index (κ1) is 12.2. The molecule has 0 bridgehead atoms. The number of ketones is 1. The zero-order valence-electron chi connectivity index (χ0n) is 12.3. The topological polar surface area (TPSA) is 49.8 Å². The molecular weight excluding hydrogens is 264 g/mol. The van der Waals surface area contributed by atoms with Gasteiger partial charge in [0.15, 0.2) is 0 Å². The van der Waals surface area contributed by atoms with Gasteiger partial charge in [-0.3, -0.25) is 4.79 Å². The zero-order chi connectivity index (χ0) is 14.4. The number of benzene rings is 1. The molecule has 0 amide bonds. The molecule has 110 valence electrons. The van der Waals surface area contributed by atoms with Crippen molar-refractivity contribution >= 4 is 5.78 Å². The Morgan fingerprint density at radius 2 is 2.19 bits per heavy atom. The van der Waals surface area contributed by atoms with Crippen LogP contribution in [0.25, 0.3) is 0 Å². The smallest absolute Gasteiger partial charge is 0.139 e. The minimum atomic E-state index is -0.153. The van der Waals surface area contributed by atoms with Gasteiger partial charge in [-0.25, -0.2) is 0 Å². The Morgan fingerprint density at radius 1 is 1.33 bits per heavy atom. The molecule has 3 heteroatoms. The monoisotopic (exact) mass is 284 g/mol. The fourth-order valence-corrected chi connectivity index (χ4v) is 5.76. The van der Waals surface area contributed by atoms with E-state index in [0.717, 1.165) is 32.1 Å². The molecule has 1 heterocycles. The summed E-state index contributed by atoms with van der Waals surface area (Å²) in [4.78, 5) is 12.4. The Labute approximate surface area is 124 Å². The summed E-state index contributed by atoms with van der Waals surface area (Å²) in [6.07, 6.45) is 4.89. The van der Waals surface area contributed by atoms with Crippen molar-refractivity contribution < 1.29 is 14.6 Å². The summed E-state index contributed by atoms with van der Waals surface area (Å²) in [5.74, 6) is 1.60. The quantitative estimate of drug-likeness (QED) is 0.745. The van der Waals surface area contributed by atoms with Crippen LogP contribution in [0.4, 0.5) is 0 Å². The van der Waals surface area contributed by atoms with Crippen LogP contribution in [0.3, 0.4) is 0 Å². The van der Waals surface area contributed by atoms with Gasteiger partial charge in [0, 0.05) is 30.1 Å². The van der Waals surface area contributed by atoms with Crippen molar-refractivity contribution in [2.45, 2.75) is 56.7 Å². The summed E-state index contributed by atoms with van der Waals surface area (Å²) in [6.45, 7) is 2.17. The van der Waals surface area contributed by atoms with Crippen LogP contribution in [0.2, 0.25) is 0 Å². The van der Waals surface area contributed by atoms with Crippen molar-refractivity contribution in [2.75, 3.05) is 0 Å². The van der Waals surface area contributed by atoms with Gasteiger partial charge in [-0.1, -0.05) is 13.0 Å². The largest absolute Gasteiger partial charge is 0.508 e. The van der Waals surface area contributed by atoms with Crippen LogP contribution in [0.15, 0.2) is 18.2 Å². The van der Waals surface area contributed by atoms with E-state index in [4.69, 9.17) is 4.74 Å². The Bertz CT molecular complexity index is 666. The Hall–Kier alpha value is -1.35. The van der Waals surface area contributed by atoms with E-state index in [1.165, 1.54) is 11.1 Å². The van der Waals surface area contributed by atoms with E-state index in [0.29, 0.717) is 23.4 Å². The van der Waals surface area contributed by atoms with Gasteiger partial charge in [-0.15, -0.1) is 0 Å². The summed E-state index contributed by atoms with van der Waals surface area (Å²) in [5, 5.41) is 9.72. The maximum absolute atomic E-state index is 12.4. The lowest BCUT2D eigenvalue weighted by Crippen LogP contribution is -2.49. The number of epoxide rings is 1. The lowest BCUT2D eigenvalue weighted by molar-refractivity contribution is -0.129. The van der Waals surface area contributed by atoms with E-state index in [9.17, 15) is 9.90 Å². The fourth-order valence-electron chi connectivity index (χ4n) is 5.76. The van der Waals surface area contributed by atoms with Crippen molar-refractivity contribution in [1.29, 1.82) is 0 Å². The van der Waals surface area contributed by atoms with Gasteiger partial charge in [-0.2, -0.15) is 0 Å². The molecular formula is C18H20O3. The lowest BCUT2D eigenvalue weighted by Gasteiger charge is -2.46. The molecule has 0 unspecified atom stereocenters. The number of phenols is 1. The van der Waals surface area contributed by atoms with Crippen molar-refractivity contribution in [2.24, 2.45) is 11.3 Å². The second kappa shape index (κ2) is 3.52. The minimum absolute atomic E-state index is 0.0802. The van der Waals surface area contributed by atoms with E-state index in [2.05, 4.69) is 13.0 Å². The Kier molecular flexibility index (Phi) is 2.05. The summed E-state index contributed by atoms with van der Waals surface area (Å²) in [6, 6.07) is 5.77. The molecule has 1 N–H and O–H groups in total. The molecule has 3 aliphatic carbocycles. The number of aromatic hydroxyl groups is 1. The standard InChI is InChI=1S/C18H20O3/c1-17-7-6-13-12-3-2-11(19)8-10(12)9-16-18(13,21-16)14(17)4-5-15(17)20/h2-3,8,13-14,16,19H,4-7,9H2,1H3/t13-,14-,16+,17+,18+/m1/s1. The highest BCUT2D eigenvalue weighted by molar-refractivity contribution is 5.87. The highest BCUT2D eigenvalue weighted by atomic mass is 16.6. The van der Waals surface area contributed by atoms with Crippen LogP contribution >= 0.6 is 0 Å². The number of carbonyl (C=O) groups is 1. The first-order chi connectivity index (χ1) is 10.1. The van der Waals surface area contributed by atoms with Crippen molar-refractivity contribution in [3.63, 3.8) is 0 Å². The summed E-state index contributed by atoms with van der Waals surface area (Å²) in [7, 11) is 0. The van der Waals surface area contributed by atoms with E-state index in [1.807, 2.05) is 6.07 Å². The molecule has 5 rings (SSSR count). The maximum atomic E-state index is 12.4. The predicted molar refractivity (Wildman–Crippen MR) is 77.2 cm³/mol. The van der Waals surface area contributed by atoms with Crippen LogP contribution in [-0.2, 0) is 16.0 Å². The van der Waals surface area contributed by atoms with Crippen LogP contribution in [0.1, 0.15) is 49.7 Å². The summed E-state index contributed by atoms with van der Waals surface area (Å²) in [5.41, 5.74) is 2.36. The highest BCUT2D eigenvalue weighted by Gasteiger charge is 2.74. The van der Waals surface area contributed by atoms with Crippen LogP contribution in [-0.4, -0.2) is 22.6 Å². The molecule has 0 radical (unpaired) electrons. The average Bonchev–Trinajstić information content (AvgIpc) is 3.07. The van der Waals surface area contributed by atoms with Gasteiger partial charge in [0.2, 0.25) is 0 Å². The second-order valence-electron chi connectivity index (χ2n) is 7.57. The van der Waals surface area contributed by atoms with E-state index < -0.39 is 0 Å². The zero-order valence-corrected chi connectivity index (χ0v) is 12.3. The number of hydrogen-bond acceptors (Lipinski definition) is 3. The van der Waals surface area contributed by atoms with Crippen molar-refractivity contribution in [3.05, 3.63) is 29.3 Å². The van der Waals surface area contributed by atoms with Crippen molar-refractivity contribution in [3.8, 4) is 5.75 Å². The van der Waals surface area contributed by atoms with Gasteiger partial charge < -0.3 is 9.84 Å². The molecule has 2 saturated carbocycles. The number of fused-ring (bicyclic) bond motifs is 3. The third-order valence-corrected chi connectivity index (χ3v) is 6.81. The molecule has 21 heavy (non-hydrogen) atoms. The summed E-state index contributed by atoms with van der Waals surface area (Å²) < 4.78 is 6.29. The molecule has 1 saturated heterocycles. The molecule has 0 aromatic heterocycles. The van der Waals surface area contributed by atoms with Gasteiger partial charge >= 0.3 is 0 Å². The molecule has 4 aliphatic rings. The molecule has 5 atom stereocenters. The lowest BCUT2D eigenvalue weighted by atomic mass is 9.55.